The standard InChI is InChI=1S/C19H22F2O6S2/c1-17(20,21)16(24)27-18-4-7-2-8(5-18)19(9(3-7)6-18)28-12-10-11(25-15(12)29-19)14(23)26-13(10)22/h7-12,14-15,23H,2-6H2,1H3. The maximum absolute atomic E-state index is 13.5. The Balaban J connectivity index is 1.26. The minimum atomic E-state index is -3.48. The Bertz CT molecular complexity index is 771. The molecule has 6 nitrogen and oxygen atoms in total. The van der Waals surface area contributed by atoms with E-state index in [-0.39, 0.29) is 26.6 Å². The Morgan fingerprint density at radius 3 is 2.59 bits per heavy atom. The summed E-state index contributed by atoms with van der Waals surface area (Å²) in [5.74, 6) is -4.96. The highest BCUT2D eigenvalue weighted by Crippen LogP contribution is 2.74. The molecule has 3 heterocycles. The zero-order chi connectivity index (χ0) is 20.3. The van der Waals surface area contributed by atoms with Crippen LogP contribution in [0.4, 0.5) is 8.78 Å². The SMILES string of the molecule is CC(F)(F)C(=O)OC12CC3CC(C1)C1(SC4OC5C(O)OC(=O)C5C4S1)C(C3)C2. The lowest BCUT2D eigenvalue weighted by molar-refractivity contribution is -0.208. The van der Waals surface area contributed by atoms with E-state index in [4.69, 9.17) is 14.2 Å². The van der Waals surface area contributed by atoms with Crippen molar-refractivity contribution in [2.45, 2.75) is 77.7 Å². The number of hydrogen-bond acceptors (Lipinski definition) is 8. The smallest absolute Gasteiger partial charge is 0.377 e. The first kappa shape index (κ1) is 19.1. The van der Waals surface area contributed by atoms with Crippen LogP contribution in [0.15, 0.2) is 0 Å². The van der Waals surface area contributed by atoms with Gasteiger partial charge in [-0.05, 0) is 49.9 Å². The fourth-order valence-corrected chi connectivity index (χ4v) is 11.3. The lowest BCUT2D eigenvalue weighted by atomic mass is 9.53. The predicted octanol–water partition coefficient (Wildman–Crippen LogP) is 2.52. The normalized spacial score (nSPS) is 54.6. The van der Waals surface area contributed by atoms with Crippen LogP contribution in [-0.4, -0.2) is 55.7 Å². The fourth-order valence-electron chi connectivity index (χ4n) is 6.75. The molecular weight excluding hydrogens is 426 g/mol. The summed E-state index contributed by atoms with van der Waals surface area (Å²) in [6.07, 6.45) is 2.00. The molecule has 160 valence electrons. The summed E-state index contributed by atoms with van der Waals surface area (Å²) in [7, 11) is 0. The molecule has 0 aromatic carbocycles. The second-order valence-electron chi connectivity index (χ2n) is 9.55. The summed E-state index contributed by atoms with van der Waals surface area (Å²) >= 11 is 3.50. The Kier molecular flexibility index (Phi) is 3.83. The van der Waals surface area contributed by atoms with E-state index < -0.39 is 41.8 Å². The number of aliphatic hydroxyl groups excluding tert-OH is 1. The number of carbonyl (C=O) groups is 2. The summed E-state index contributed by atoms with van der Waals surface area (Å²) < 4.78 is 43.3. The largest absolute Gasteiger partial charge is 0.455 e. The van der Waals surface area contributed by atoms with Crippen molar-refractivity contribution in [2.24, 2.45) is 23.7 Å². The van der Waals surface area contributed by atoms with Crippen molar-refractivity contribution in [1.82, 2.24) is 0 Å². The van der Waals surface area contributed by atoms with Gasteiger partial charge in [-0.3, -0.25) is 4.79 Å². The molecule has 7 aliphatic rings. The highest BCUT2D eigenvalue weighted by molar-refractivity contribution is 8.22. The van der Waals surface area contributed by atoms with E-state index in [1.807, 2.05) is 0 Å². The van der Waals surface area contributed by atoms with Crippen LogP contribution in [0.2, 0.25) is 0 Å². The first-order valence-corrected chi connectivity index (χ1v) is 11.9. The van der Waals surface area contributed by atoms with E-state index in [2.05, 4.69) is 0 Å². The van der Waals surface area contributed by atoms with Crippen LogP contribution in [-0.2, 0) is 23.8 Å². The van der Waals surface area contributed by atoms with Gasteiger partial charge in [0.25, 0.3) is 0 Å². The van der Waals surface area contributed by atoms with E-state index in [1.165, 1.54) is 0 Å². The summed E-state index contributed by atoms with van der Waals surface area (Å²) in [5, 5.41) is 9.84. The average Bonchev–Trinajstić information content (AvgIpc) is 3.21. The Labute approximate surface area is 174 Å². The van der Waals surface area contributed by atoms with Gasteiger partial charge in [0.05, 0.1) is 9.33 Å². The zero-order valence-corrected chi connectivity index (χ0v) is 17.3. The fraction of sp³-hybridized carbons (Fsp3) is 0.895. The number of fused-ring (bicyclic) bond motifs is 3. The molecule has 7 unspecified atom stereocenters. The minimum absolute atomic E-state index is 0.0781. The number of aliphatic hydroxyl groups is 1. The second-order valence-corrected chi connectivity index (χ2v) is 12.6. The zero-order valence-electron chi connectivity index (χ0n) is 15.7. The van der Waals surface area contributed by atoms with Crippen LogP contribution < -0.4 is 0 Å². The van der Waals surface area contributed by atoms with Gasteiger partial charge in [-0.1, -0.05) is 0 Å². The molecule has 29 heavy (non-hydrogen) atoms. The molecule has 10 heteroatoms. The molecule has 4 aliphatic carbocycles. The molecule has 0 amide bonds. The molecule has 1 N–H and O–H groups in total. The van der Waals surface area contributed by atoms with Gasteiger partial charge in [0, 0.05) is 6.92 Å². The summed E-state index contributed by atoms with van der Waals surface area (Å²) in [4.78, 5) is 24.2. The number of rotatable bonds is 2. The number of hydrogen-bond donors (Lipinski definition) is 1. The summed E-state index contributed by atoms with van der Waals surface area (Å²) in [5.41, 5.74) is -0.975. The van der Waals surface area contributed by atoms with Gasteiger partial charge in [0.2, 0.25) is 6.29 Å². The summed E-state index contributed by atoms with van der Waals surface area (Å²) in [6, 6.07) is 0. The van der Waals surface area contributed by atoms with Gasteiger partial charge in [0.15, 0.2) is 0 Å². The molecule has 1 spiro atoms. The Hall–Kier alpha value is -0.580. The van der Waals surface area contributed by atoms with Crippen LogP contribution in [0.25, 0.3) is 0 Å². The number of ether oxygens (including phenoxy) is 3. The van der Waals surface area contributed by atoms with Gasteiger partial charge >= 0.3 is 17.9 Å². The maximum atomic E-state index is 13.5. The van der Waals surface area contributed by atoms with Crippen molar-refractivity contribution in [3.8, 4) is 0 Å². The van der Waals surface area contributed by atoms with Crippen LogP contribution in [0.3, 0.4) is 0 Å². The Morgan fingerprint density at radius 1 is 1.24 bits per heavy atom. The quantitative estimate of drug-likeness (QED) is 0.646. The van der Waals surface area contributed by atoms with E-state index in [0.717, 1.165) is 12.8 Å². The highest BCUT2D eigenvalue weighted by Gasteiger charge is 2.72. The lowest BCUT2D eigenvalue weighted by Gasteiger charge is -2.63. The van der Waals surface area contributed by atoms with Crippen molar-refractivity contribution in [3.63, 3.8) is 0 Å². The first-order valence-electron chi connectivity index (χ1n) is 10.1. The van der Waals surface area contributed by atoms with Gasteiger partial charge < -0.3 is 19.3 Å². The molecule has 0 aromatic heterocycles. The monoisotopic (exact) mass is 448 g/mol. The van der Waals surface area contributed by atoms with E-state index in [0.29, 0.717) is 32.1 Å². The number of thioether (sulfide) groups is 2. The molecule has 7 atom stereocenters. The Morgan fingerprint density at radius 2 is 1.93 bits per heavy atom. The summed E-state index contributed by atoms with van der Waals surface area (Å²) in [6.45, 7) is 0.587. The van der Waals surface area contributed by atoms with Crippen LogP contribution in [0.5, 0.6) is 0 Å². The number of alkyl halides is 2. The molecule has 4 saturated carbocycles. The number of carbonyl (C=O) groups excluding carboxylic acids is 2. The first-order chi connectivity index (χ1) is 13.6. The average molecular weight is 449 g/mol. The van der Waals surface area contributed by atoms with Crippen LogP contribution in [0, 0.1) is 23.7 Å². The molecular formula is C19H22F2O6S2. The molecule has 3 saturated heterocycles. The third-order valence-electron chi connectivity index (χ3n) is 7.62. The van der Waals surface area contributed by atoms with Crippen molar-refractivity contribution >= 4 is 35.5 Å². The highest BCUT2D eigenvalue weighted by atomic mass is 32.2. The minimum Gasteiger partial charge on any atom is -0.455 e. The molecule has 0 radical (unpaired) electrons. The van der Waals surface area contributed by atoms with Crippen LogP contribution >= 0.6 is 23.5 Å². The molecule has 0 aromatic rings. The van der Waals surface area contributed by atoms with Gasteiger partial charge in [-0.25, -0.2) is 4.79 Å². The number of halogens is 2. The van der Waals surface area contributed by atoms with E-state index in [9.17, 15) is 23.5 Å². The van der Waals surface area contributed by atoms with Crippen LogP contribution in [0.1, 0.15) is 39.0 Å². The maximum Gasteiger partial charge on any atom is 0.377 e. The van der Waals surface area contributed by atoms with E-state index >= 15 is 0 Å². The number of esters is 2. The second kappa shape index (κ2) is 5.81. The third-order valence-corrected chi connectivity index (χ3v) is 11.9. The van der Waals surface area contributed by atoms with Crippen molar-refractivity contribution in [2.75, 3.05) is 0 Å². The van der Waals surface area contributed by atoms with Gasteiger partial charge in [-0.15, -0.1) is 23.5 Å². The van der Waals surface area contributed by atoms with E-state index in [1.54, 1.807) is 23.5 Å². The molecule has 7 fully saturated rings. The van der Waals surface area contributed by atoms with Gasteiger partial charge in [0.1, 0.15) is 23.1 Å². The van der Waals surface area contributed by atoms with Crippen molar-refractivity contribution in [3.05, 3.63) is 0 Å². The number of cyclic esters (lactones) is 1. The predicted molar refractivity (Wildman–Crippen MR) is 98.9 cm³/mol. The molecule has 4 bridgehead atoms. The van der Waals surface area contributed by atoms with Gasteiger partial charge in [-0.2, -0.15) is 8.78 Å². The molecule has 7 rings (SSSR count). The van der Waals surface area contributed by atoms with Crippen molar-refractivity contribution < 1.29 is 37.7 Å². The topological polar surface area (TPSA) is 82.1 Å². The lowest BCUT2D eigenvalue weighted by Crippen LogP contribution is -2.62. The molecule has 3 aliphatic heterocycles. The third kappa shape index (κ3) is 2.55. The van der Waals surface area contributed by atoms with Crippen molar-refractivity contribution in [1.29, 1.82) is 0 Å².